The predicted octanol–water partition coefficient (Wildman–Crippen LogP) is 7.25. The van der Waals surface area contributed by atoms with Crippen molar-refractivity contribution in [2.45, 2.75) is 78.5 Å². The molecule has 1 fully saturated rings. The fraction of sp³-hybridized carbons (Fsp3) is 1.00. The summed E-state index contributed by atoms with van der Waals surface area (Å²) in [5.41, 5.74) is 0.475. The van der Waals surface area contributed by atoms with Crippen LogP contribution in [0.1, 0.15) is 62.3 Å². The van der Waals surface area contributed by atoms with Gasteiger partial charge in [-0.15, -0.1) is 0 Å². The molecule has 144 valence electrons. The molecule has 0 atom stereocenters. The summed E-state index contributed by atoms with van der Waals surface area (Å²) in [5.74, 6) is 0. The normalized spacial score (nSPS) is 36.0. The van der Waals surface area contributed by atoms with Crippen molar-refractivity contribution in [3.8, 4) is 0 Å². The molecule has 0 N–H and O–H groups in total. The average Bonchev–Trinajstić information content (AvgIpc) is 2.40. The summed E-state index contributed by atoms with van der Waals surface area (Å²) < 4.78 is 18.7. The van der Waals surface area contributed by atoms with Crippen LogP contribution in [0.3, 0.4) is 0 Å². The van der Waals surface area contributed by atoms with Gasteiger partial charge in [0.15, 0.2) is 0 Å². The summed E-state index contributed by atoms with van der Waals surface area (Å²) in [6.45, 7) is 21.1. The zero-order valence-corrected chi connectivity index (χ0v) is 20.5. The number of hydrogen-bond acceptors (Lipinski definition) is 3. The van der Waals surface area contributed by atoms with Crippen LogP contribution in [0.4, 0.5) is 0 Å². The monoisotopic (exact) mass is 396 g/mol. The second kappa shape index (κ2) is 8.04. The largest absolute Gasteiger partial charge is 0.361 e. The lowest BCUT2D eigenvalue weighted by atomic mass is 9.99. The van der Waals surface area contributed by atoms with Gasteiger partial charge in [-0.05, 0) is 16.2 Å². The van der Waals surface area contributed by atoms with Gasteiger partial charge in [-0.25, -0.2) is 0 Å². The van der Waals surface area contributed by atoms with E-state index in [1.165, 1.54) is 0 Å². The molecule has 0 saturated carbocycles. The van der Waals surface area contributed by atoms with E-state index in [-0.39, 0.29) is 16.2 Å². The van der Waals surface area contributed by atoms with E-state index in [0.717, 1.165) is 0 Å². The molecule has 1 rings (SSSR count). The van der Waals surface area contributed by atoms with Crippen molar-refractivity contribution < 1.29 is 13.6 Å². The summed E-state index contributed by atoms with van der Waals surface area (Å²) in [6, 6.07) is 0. The van der Waals surface area contributed by atoms with Gasteiger partial charge in [0.2, 0.25) is 0 Å². The molecule has 1 saturated heterocycles. The maximum atomic E-state index is 6.23. The van der Waals surface area contributed by atoms with Crippen molar-refractivity contribution in [1.82, 2.24) is 0 Å². The lowest BCUT2D eigenvalue weighted by Gasteiger charge is -2.58. The molecule has 0 aliphatic carbocycles. The highest BCUT2D eigenvalue weighted by Gasteiger charge is 2.60. The van der Waals surface area contributed by atoms with Crippen molar-refractivity contribution >= 4 is 24.4 Å². The Labute approximate surface area is 154 Å². The molecule has 1 aliphatic rings. The second-order valence-electron chi connectivity index (χ2n) is 9.85. The Morgan fingerprint density at radius 1 is 0.458 bits per heavy atom. The minimum Gasteiger partial charge on any atom is -0.361 e. The van der Waals surface area contributed by atoms with Gasteiger partial charge in [-0.3, -0.25) is 0 Å². The highest BCUT2D eigenvalue weighted by Crippen LogP contribution is 2.87. The molecule has 0 radical (unpaired) electrons. The zero-order chi connectivity index (χ0) is 19.1. The Kier molecular flexibility index (Phi) is 7.78. The summed E-state index contributed by atoms with van der Waals surface area (Å²) in [5, 5.41) is 1.37. The smallest absolute Gasteiger partial charge is 0.0540 e. The fourth-order valence-electron chi connectivity index (χ4n) is 3.63. The molecule has 1 aliphatic heterocycles. The quantitative estimate of drug-likeness (QED) is 0.470. The van der Waals surface area contributed by atoms with Gasteiger partial charge in [0, 0.05) is 45.8 Å². The van der Waals surface area contributed by atoms with Crippen molar-refractivity contribution in [3.05, 3.63) is 0 Å². The van der Waals surface area contributed by atoms with Gasteiger partial charge in [0.25, 0.3) is 0 Å². The third-order valence-electron chi connectivity index (χ3n) is 4.40. The first kappa shape index (κ1) is 23.2. The van der Waals surface area contributed by atoms with E-state index in [4.69, 9.17) is 13.6 Å². The van der Waals surface area contributed by atoms with Crippen LogP contribution in [0, 0.1) is 16.2 Å². The highest BCUT2D eigenvalue weighted by molar-refractivity contribution is 7.89. The first-order chi connectivity index (χ1) is 10.7. The van der Waals surface area contributed by atoms with E-state index in [1.54, 1.807) is 0 Å². The number of hydrogen-bond donors (Lipinski definition) is 0. The van der Waals surface area contributed by atoms with Crippen molar-refractivity contribution in [1.29, 1.82) is 0 Å². The van der Waals surface area contributed by atoms with Gasteiger partial charge in [-0.1, -0.05) is 62.3 Å². The molecule has 0 aromatic carbocycles. The molecule has 0 unspecified atom stereocenters. The van der Waals surface area contributed by atoms with Crippen LogP contribution in [0.15, 0.2) is 0 Å². The maximum absolute atomic E-state index is 6.23. The van der Waals surface area contributed by atoms with E-state index < -0.39 is 24.4 Å². The molecule has 24 heavy (non-hydrogen) atoms. The zero-order valence-electron chi connectivity index (χ0n) is 17.8. The summed E-state index contributed by atoms with van der Waals surface area (Å²) in [4.78, 5) is 0. The molecule has 0 amide bonds. The van der Waals surface area contributed by atoms with Crippen LogP contribution in [-0.4, -0.2) is 37.5 Å². The molecular weight excluding hydrogens is 357 g/mol. The van der Waals surface area contributed by atoms with Crippen LogP contribution in [0.5, 0.6) is 0 Å². The standard InChI is InChI=1S/C18H39O3P3/c1-16(2,3)13-22(19-10)14(17(4,5)6)24(21-12)15(18(7,8)9)23(13)20-11/h13-15H,1-12H3. The van der Waals surface area contributed by atoms with Gasteiger partial charge < -0.3 is 13.6 Å². The van der Waals surface area contributed by atoms with Gasteiger partial charge in [0.05, 0.1) is 16.2 Å². The SMILES string of the molecule is COP1C(C(C)(C)C)P(OC)C(C(C)(C)C)P(OC)C1C(C)(C)C. The van der Waals surface area contributed by atoms with Gasteiger partial charge in [0.1, 0.15) is 0 Å². The van der Waals surface area contributed by atoms with Crippen molar-refractivity contribution in [2.24, 2.45) is 16.2 Å². The van der Waals surface area contributed by atoms with E-state index in [0.29, 0.717) is 16.2 Å². The molecule has 6 heteroatoms. The first-order valence-corrected chi connectivity index (χ1v) is 12.9. The second-order valence-corrected chi connectivity index (χ2v) is 17.4. The predicted molar refractivity (Wildman–Crippen MR) is 112 cm³/mol. The van der Waals surface area contributed by atoms with Gasteiger partial charge in [-0.2, -0.15) is 0 Å². The highest BCUT2D eigenvalue weighted by atomic mass is 31.3. The van der Waals surface area contributed by atoms with E-state index in [2.05, 4.69) is 62.3 Å². The Bertz CT molecular complexity index is 335. The number of rotatable bonds is 3. The Balaban J connectivity index is 3.61. The Morgan fingerprint density at radius 3 is 0.708 bits per heavy atom. The third-order valence-corrected chi connectivity index (χ3v) is 17.3. The molecule has 0 bridgehead atoms. The molecule has 0 spiro atoms. The topological polar surface area (TPSA) is 27.7 Å². The van der Waals surface area contributed by atoms with Crippen molar-refractivity contribution in [2.75, 3.05) is 21.3 Å². The fourth-order valence-corrected chi connectivity index (χ4v) is 17.9. The van der Waals surface area contributed by atoms with Crippen LogP contribution in [-0.2, 0) is 13.6 Å². The van der Waals surface area contributed by atoms with Crippen LogP contribution in [0.2, 0.25) is 0 Å². The van der Waals surface area contributed by atoms with Gasteiger partial charge >= 0.3 is 0 Å². The molecule has 0 aromatic rings. The summed E-state index contributed by atoms with van der Waals surface area (Å²) in [6.07, 6.45) is 0. The maximum Gasteiger partial charge on any atom is 0.0540 e. The van der Waals surface area contributed by atoms with Crippen LogP contribution in [0.25, 0.3) is 0 Å². The van der Waals surface area contributed by atoms with E-state index in [9.17, 15) is 0 Å². The van der Waals surface area contributed by atoms with E-state index >= 15 is 0 Å². The summed E-state index contributed by atoms with van der Waals surface area (Å²) >= 11 is 0. The minimum absolute atomic E-state index is 0.158. The molecule has 0 aromatic heterocycles. The van der Waals surface area contributed by atoms with Crippen LogP contribution < -0.4 is 0 Å². The molecular formula is C18H39O3P3. The van der Waals surface area contributed by atoms with E-state index in [1.807, 2.05) is 21.3 Å². The molecule has 3 nitrogen and oxygen atoms in total. The first-order valence-electron chi connectivity index (χ1n) is 8.69. The lowest BCUT2D eigenvalue weighted by molar-refractivity contribution is 0.322. The minimum atomic E-state index is -0.629. The third kappa shape index (κ3) is 4.71. The Morgan fingerprint density at radius 2 is 0.625 bits per heavy atom. The summed E-state index contributed by atoms with van der Waals surface area (Å²) in [7, 11) is 3.80. The van der Waals surface area contributed by atoms with Crippen LogP contribution >= 0.6 is 24.4 Å². The Hall–Kier alpha value is 1.17. The van der Waals surface area contributed by atoms with Crippen molar-refractivity contribution in [3.63, 3.8) is 0 Å². The average molecular weight is 396 g/mol. The molecule has 1 heterocycles. The lowest BCUT2D eigenvalue weighted by Crippen LogP contribution is -2.43.